The fraction of sp³-hybridized carbons (Fsp3) is 0.0909. The van der Waals surface area contributed by atoms with E-state index in [0.29, 0.717) is 17.2 Å². The molecule has 0 aliphatic rings. The van der Waals surface area contributed by atoms with Crippen LogP contribution < -0.4 is 11.1 Å². The molecule has 2 rings (SSSR count). The number of nitrogens with zero attached hydrogens (tertiary/aromatic N) is 1. The third-order valence-corrected chi connectivity index (χ3v) is 3.30. The fourth-order valence-corrected chi connectivity index (χ4v) is 2.11. The summed E-state index contributed by atoms with van der Waals surface area (Å²) in [5, 5.41) is 4.82. The molecular weight excluding hydrogens is 277 g/mol. The maximum absolute atomic E-state index is 12.9. The third kappa shape index (κ3) is 2.84. The number of carbonyl (C=O) groups excluding carboxylic acids is 1. The maximum Gasteiger partial charge on any atom is 0.275 e. The number of nitrogens with one attached hydrogen (secondary N) is 1. The fourth-order valence-electron chi connectivity index (χ4n) is 1.28. The Balaban J connectivity index is 2.13. The molecule has 0 radical (unpaired) electrons. The minimum Gasteiger partial charge on any atom is -0.325 e. The molecule has 1 heterocycles. The van der Waals surface area contributed by atoms with Crippen LogP contribution >= 0.6 is 22.9 Å². The highest BCUT2D eigenvalue weighted by atomic mass is 35.5. The van der Waals surface area contributed by atoms with E-state index < -0.39 is 5.82 Å². The van der Waals surface area contributed by atoms with Gasteiger partial charge >= 0.3 is 0 Å². The van der Waals surface area contributed by atoms with Crippen LogP contribution in [0.1, 0.15) is 15.5 Å². The number of rotatable bonds is 3. The Kier molecular flexibility index (Phi) is 3.90. The molecule has 0 saturated heterocycles. The van der Waals surface area contributed by atoms with Gasteiger partial charge in [0.1, 0.15) is 16.5 Å². The zero-order chi connectivity index (χ0) is 13.1. The van der Waals surface area contributed by atoms with E-state index in [0.717, 1.165) is 0 Å². The van der Waals surface area contributed by atoms with Crippen LogP contribution in [0.4, 0.5) is 10.1 Å². The molecule has 18 heavy (non-hydrogen) atoms. The van der Waals surface area contributed by atoms with Crippen molar-refractivity contribution >= 4 is 34.5 Å². The Morgan fingerprint density at radius 3 is 2.94 bits per heavy atom. The van der Waals surface area contributed by atoms with Crippen LogP contribution in [0, 0.1) is 5.82 Å². The first-order valence-corrected chi connectivity index (χ1v) is 6.27. The van der Waals surface area contributed by atoms with E-state index in [2.05, 4.69) is 10.3 Å². The number of thiazole rings is 1. The Labute approximate surface area is 112 Å². The molecule has 1 amide bonds. The topological polar surface area (TPSA) is 68.0 Å². The molecule has 0 unspecified atom stereocenters. The molecule has 94 valence electrons. The van der Waals surface area contributed by atoms with Crippen molar-refractivity contribution in [3.8, 4) is 0 Å². The van der Waals surface area contributed by atoms with Gasteiger partial charge < -0.3 is 11.1 Å². The van der Waals surface area contributed by atoms with Gasteiger partial charge in [-0.1, -0.05) is 11.6 Å². The predicted molar refractivity (Wildman–Crippen MR) is 69.4 cm³/mol. The molecule has 0 spiro atoms. The minimum absolute atomic E-state index is 0.0475. The van der Waals surface area contributed by atoms with Crippen molar-refractivity contribution in [3.05, 3.63) is 45.1 Å². The summed E-state index contributed by atoms with van der Waals surface area (Å²) in [5.74, 6) is -0.914. The van der Waals surface area contributed by atoms with E-state index in [1.807, 2.05) is 0 Å². The summed E-state index contributed by atoms with van der Waals surface area (Å²) in [6.07, 6.45) is 0. The monoisotopic (exact) mass is 285 g/mol. The molecule has 0 bridgehead atoms. The lowest BCUT2D eigenvalue weighted by molar-refractivity contribution is 0.102. The number of aromatic nitrogens is 1. The predicted octanol–water partition coefficient (Wildman–Crippen LogP) is 2.65. The van der Waals surface area contributed by atoms with E-state index >= 15 is 0 Å². The summed E-state index contributed by atoms with van der Waals surface area (Å²) >= 11 is 6.92. The highest BCUT2D eigenvalue weighted by Crippen LogP contribution is 2.20. The molecule has 0 aliphatic heterocycles. The van der Waals surface area contributed by atoms with Gasteiger partial charge in [-0.3, -0.25) is 4.79 Å². The van der Waals surface area contributed by atoms with Gasteiger partial charge in [0.25, 0.3) is 5.91 Å². The second-order valence-corrected chi connectivity index (χ2v) is 4.76. The van der Waals surface area contributed by atoms with Gasteiger partial charge in [-0.2, -0.15) is 0 Å². The van der Waals surface area contributed by atoms with Crippen LogP contribution in [0.15, 0.2) is 23.6 Å². The molecule has 0 atom stereocenters. The summed E-state index contributed by atoms with van der Waals surface area (Å²) in [7, 11) is 0. The van der Waals surface area contributed by atoms with Crippen molar-refractivity contribution < 1.29 is 9.18 Å². The van der Waals surface area contributed by atoms with Crippen molar-refractivity contribution in [3.63, 3.8) is 0 Å². The Morgan fingerprint density at radius 1 is 1.56 bits per heavy atom. The van der Waals surface area contributed by atoms with E-state index in [4.69, 9.17) is 17.3 Å². The first-order valence-electron chi connectivity index (χ1n) is 5.01. The summed E-state index contributed by atoms with van der Waals surface area (Å²) in [5.41, 5.74) is 6.10. The number of carbonyl (C=O) groups is 1. The van der Waals surface area contributed by atoms with E-state index in [1.165, 1.54) is 29.5 Å². The Bertz CT molecular complexity index is 587. The number of hydrogen-bond donors (Lipinski definition) is 2. The van der Waals surface area contributed by atoms with Gasteiger partial charge in [0.2, 0.25) is 0 Å². The molecule has 1 aromatic carbocycles. The van der Waals surface area contributed by atoms with Gasteiger partial charge in [-0.05, 0) is 18.2 Å². The highest BCUT2D eigenvalue weighted by Gasteiger charge is 2.11. The van der Waals surface area contributed by atoms with Gasteiger partial charge in [-0.25, -0.2) is 9.37 Å². The lowest BCUT2D eigenvalue weighted by Gasteiger charge is -2.03. The van der Waals surface area contributed by atoms with Crippen LogP contribution in [-0.2, 0) is 6.54 Å². The number of nitrogens with two attached hydrogens (primary N) is 1. The summed E-state index contributed by atoms with van der Waals surface area (Å²) in [4.78, 5) is 15.8. The Morgan fingerprint density at radius 2 is 2.33 bits per heavy atom. The lowest BCUT2D eigenvalue weighted by atomic mass is 10.3. The quantitative estimate of drug-likeness (QED) is 0.911. The van der Waals surface area contributed by atoms with Crippen molar-refractivity contribution in [1.29, 1.82) is 0 Å². The molecule has 1 aromatic heterocycles. The van der Waals surface area contributed by atoms with Crippen LogP contribution in [0.25, 0.3) is 0 Å². The SMILES string of the molecule is NCc1nc(C(=O)Nc2ccc(F)c(Cl)c2)cs1. The van der Waals surface area contributed by atoms with Gasteiger partial charge in [0, 0.05) is 17.6 Å². The number of amides is 1. The number of halogens is 2. The van der Waals surface area contributed by atoms with Crippen LogP contribution in [0.2, 0.25) is 5.02 Å². The normalized spacial score (nSPS) is 10.4. The molecule has 4 nitrogen and oxygen atoms in total. The molecule has 0 saturated carbocycles. The van der Waals surface area contributed by atoms with E-state index in [9.17, 15) is 9.18 Å². The van der Waals surface area contributed by atoms with E-state index in [1.54, 1.807) is 5.38 Å². The van der Waals surface area contributed by atoms with E-state index in [-0.39, 0.29) is 16.6 Å². The molecule has 0 fully saturated rings. The molecular formula is C11H9ClFN3OS. The molecule has 3 N–H and O–H groups in total. The van der Waals surface area contributed by atoms with Crippen molar-refractivity contribution in [2.45, 2.75) is 6.54 Å². The highest BCUT2D eigenvalue weighted by molar-refractivity contribution is 7.09. The zero-order valence-corrected chi connectivity index (χ0v) is 10.7. The van der Waals surface area contributed by atoms with Gasteiger partial charge in [-0.15, -0.1) is 11.3 Å². The number of anilines is 1. The average Bonchev–Trinajstić information content (AvgIpc) is 2.82. The first-order chi connectivity index (χ1) is 8.60. The maximum atomic E-state index is 12.9. The second-order valence-electron chi connectivity index (χ2n) is 3.41. The van der Waals surface area contributed by atoms with Crippen molar-refractivity contribution in [1.82, 2.24) is 4.98 Å². The van der Waals surface area contributed by atoms with Gasteiger partial charge in [0.15, 0.2) is 0 Å². The van der Waals surface area contributed by atoms with Crippen LogP contribution in [-0.4, -0.2) is 10.9 Å². The van der Waals surface area contributed by atoms with Crippen LogP contribution in [0.3, 0.4) is 0 Å². The summed E-state index contributed by atoms with van der Waals surface area (Å²) in [6.45, 7) is 0.292. The third-order valence-electron chi connectivity index (χ3n) is 2.14. The Hall–Kier alpha value is -1.50. The molecule has 2 aromatic rings. The standard InChI is InChI=1S/C11H9ClFN3OS/c12-7-3-6(1-2-8(7)13)15-11(17)9-5-18-10(4-14)16-9/h1-3,5H,4,14H2,(H,15,17). The summed E-state index contributed by atoms with van der Waals surface area (Å²) < 4.78 is 12.9. The average molecular weight is 286 g/mol. The molecule has 7 heteroatoms. The van der Waals surface area contributed by atoms with Gasteiger partial charge in [0.05, 0.1) is 5.02 Å². The summed E-state index contributed by atoms with van der Waals surface area (Å²) in [6, 6.07) is 3.95. The smallest absolute Gasteiger partial charge is 0.275 e. The van der Waals surface area contributed by atoms with Crippen molar-refractivity contribution in [2.24, 2.45) is 5.73 Å². The largest absolute Gasteiger partial charge is 0.325 e. The lowest BCUT2D eigenvalue weighted by Crippen LogP contribution is -2.12. The minimum atomic E-state index is -0.534. The second kappa shape index (κ2) is 5.43. The van der Waals surface area contributed by atoms with Crippen molar-refractivity contribution in [2.75, 3.05) is 5.32 Å². The first kappa shape index (κ1) is 12.9. The number of hydrogen-bond acceptors (Lipinski definition) is 4. The van der Waals surface area contributed by atoms with Crippen LogP contribution in [0.5, 0.6) is 0 Å². The number of benzene rings is 1. The zero-order valence-electron chi connectivity index (χ0n) is 9.11. The molecule has 0 aliphatic carbocycles.